The van der Waals surface area contributed by atoms with Crippen LogP contribution in [-0.4, -0.2) is 70.6 Å². The number of hydrogen-bond acceptors (Lipinski definition) is 7. The number of carbonyl (C=O) groups is 1. The van der Waals surface area contributed by atoms with Crippen LogP contribution in [0, 0.1) is 12.8 Å². The van der Waals surface area contributed by atoms with Gasteiger partial charge in [-0.15, -0.1) is 0 Å². The Labute approximate surface area is 165 Å². The molecule has 156 valence electrons. The van der Waals surface area contributed by atoms with E-state index in [0.717, 1.165) is 0 Å². The summed E-state index contributed by atoms with van der Waals surface area (Å²) in [6.07, 6.45) is 1.03. The first kappa shape index (κ1) is 21.1. The summed E-state index contributed by atoms with van der Waals surface area (Å²) in [4.78, 5) is 13.4. The van der Waals surface area contributed by atoms with Gasteiger partial charge < -0.3 is 10.5 Å². The molecule has 2 heterocycles. The number of primary amides is 1. The summed E-state index contributed by atoms with van der Waals surface area (Å²) in [6, 6.07) is 3.95. The topological polar surface area (TPSA) is 124 Å². The molecule has 2 fully saturated rings. The maximum Gasteiger partial charge on any atom is 0.220 e. The Morgan fingerprint density at radius 1 is 1.21 bits per heavy atom. The highest BCUT2D eigenvalue weighted by Crippen LogP contribution is 2.32. The van der Waals surface area contributed by atoms with Gasteiger partial charge in [0.05, 0.1) is 28.8 Å². The summed E-state index contributed by atoms with van der Waals surface area (Å²) < 4.78 is 56.4. The Hall–Kier alpha value is -1.65. The monoisotopic (exact) mass is 430 g/mol. The van der Waals surface area contributed by atoms with Gasteiger partial charge in [0.25, 0.3) is 0 Å². The van der Waals surface area contributed by atoms with E-state index in [2.05, 4.69) is 0 Å². The van der Waals surface area contributed by atoms with Gasteiger partial charge in [0.1, 0.15) is 5.75 Å². The average molecular weight is 431 g/mol. The normalized spacial score (nSPS) is 26.2. The number of likely N-dealkylation sites (tertiary alicyclic amines) is 1. The smallest absolute Gasteiger partial charge is 0.220 e. The highest BCUT2D eigenvalue weighted by Gasteiger charge is 2.48. The van der Waals surface area contributed by atoms with E-state index in [4.69, 9.17) is 10.5 Å². The molecule has 0 unspecified atom stereocenters. The second-order valence-corrected chi connectivity index (χ2v) is 11.9. The summed E-state index contributed by atoms with van der Waals surface area (Å²) >= 11 is 0. The number of benzene rings is 1. The molecule has 0 aromatic heterocycles. The zero-order valence-corrected chi connectivity index (χ0v) is 17.6. The highest BCUT2D eigenvalue weighted by molar-refractivity contribution is 7.96. The van der Waals surface area contributed by atoms with E-state index in [0.29, 0.717) is 37.2 Å². The van der Waals surface area contributed by atoms with E-state index in [9.17, 15) is 21.6 Å². The van der Waals surface area contributed by atoms with Crippen molar-refractivity contribution in [3.05, 3.63) is 23.8 Å². The van der Waals surface area contributed by atoms with Crippen LogP contribution in [0.1, 0.15) is 18.4 Å². The number of nitrogens with zero attached hydrogens (tertiary/aromatic N) is 1. The third-order valence-corrected chi connectivity index (χ3v) is 9.88. The third kappa shape index (κ3) is 4.04. The molecule has 1 amide bonds. The average Bonchev–Trinajstić information content (AvgIpc) is 2.98. The molecular weight excluding hydrogens is 404 g/mol. The minimum atomic E-state index is -3.85. The lowest BCUT2D eigenvalue weighted by Gasteiger charge is -2.36. The largest absolute Gasteiger partial charge is 0.496 e. The van der Waals surface area contributed by atoms with Gasteiger partial charge in [-0.25, -0.2) is 16.8 Å². The lowest BCUT2D eigenvalue weighted by Crippen LogP contribution is -2.50. The van der Waals surface area contributed by atoms with Crippen LogP contribution in [-0.2, 0) is 24.5 Å². The van der Waals surface area contributed by atoms with E-state index >= 15 is 0 Å². The second kappa shape index (κ2) is 7.64. The van der Waals surface area contributed by atoms with Gasteiger partial charge in [-0.3, -0.25) is 9.69 Å². The molecule has 28 heavy (non-hydrogen) atoms. The summed E-state index contributed by atoms with van der Waals surface area (Å²) in [5.74, 6) is -0.609. The number of piperidine rings is 1. The predicted molar refractivity (Wildman–Crippen MR) is 105 cm³/mol. The van der Waals surface area contributed by atoms with Crippen molar-refractivity contribution in [3.63, 3.8) is 0 Å². The molecule has 0 spiro atoms. The fourth-order valence-electron chi connectivity index (χ4n) is 4.15. The Morgan fingerprint density at radius 3 is 2.39 bits per heavy atom. The fraction of sp³-hybridized carbons (Fsp3) is 0.611. The first-order valence-electron chi connectivity index (χ1n) is 9.17. The fourth-order valence-corrected chi connectivity index (χ4v) is 9.07. The zero-order valence-electron chi connectivity index (χ0n) is 16.0. The summed E-state index contributed by atoms with van der Waals surface area (Å²) in [5.41, 5.74) is 6.03. The summed E-state index contributed by atoms with van der Waals surface area (Å²) in [7, 11) is -5.82. The highest BCUT2D eigenvalue weighted by atomic mass is 32.2. The van der Waals surface area contributed by atoms with Crippen molar-refractivity contribution < 1.29 is 26.4 Å². The molecular formula is C18H26N2O6S2. The second-order valence-electron chi connectivity index (χ2n) is 7.57. The van der Waals surface area contributed by atoms with Crippen LogP contribution in [0.25, 0.3) is 0 Å². The molecule has 3 rings (SSSR count). The number of aryl methyl sites for hydroxylation is 1. The summed E-state index contributed by atoms with van der Waals surface area (Å²) in [5, 5.41) is -1.03. The number of hydrogen-bond donors (Lipinski definition) is 1. The Balaban J connectivity index is 1.90. The maximum absolute atomic E-state index is 13.3. The molecule has 0 radical (unpaired) electrons. The predicted octanol–water partition coefficient (Wildman–Crippen LogP) is 0.140. The van der Waals surface area contributed by atoms with Gasteiger partial charge in [-0.05, 0) is 56.6 Å². The Kier molecular flexibility index (Phi) is 5.75. The van der Waals surface area contributed by atoms with Crippen molar-refractivity contribution >= 4 is 25.6 Å². The minimum Gasteiger partial charge on any atom is -0.496 e. The first-order valence-corrected chi connectivity index (χ1v) is 12.5. The SMILES string of the molecule is COc1ccc(S(=O)(=O)[C@@H]2CS(=O)(=O)C[C@@H]2N2CCC(C(N)=O)CC2)cc1C. The molecule has 10 heteroatoms. The Bertz CT molecular complexity index is 966. The quantitative estimate of drug-likeness (QED) is 0.705. The van der Waals surface area contributed by atoms with Crippen molar-refractivity contribution in [2.45, 2.75) is 36.0 Å². The van der Waals surface area contributed by atoms with Crippen molar-refractivity contribution in [1.82, 2.24) is 4.90 Å². The number of sulfone groups is 2. The zero-order chi connectivity index (χ0) is 20.7. The van der Waals surface area contributed by atoms with Gasteiger partial charge in [-0.1, -0.05) is 0 Å². The van der Waals surface area contributed by atoms with Gasteiger partial charge >= 0.3 is 0 Å². The van der Waals surface area contributed by atoms with Crippen LogP contribution in [0.15, 0.2) is 23.1 Å². The molecule has 2 N–H and O–H groups in total. The Morgan fingerprint density at radius 2 is 1.86 bits per heavy atom. The lowest BCUT2D eigenvalue weighted by atomic mass is 9.95. The lowest BCUT2D eigenvalue weighted by molar-refractivity contribution is -0.123. The van der Waals surface area contributed by atoms with Crippen molar-refractivity contribution in [3.8, 4) is 5.75 Å². The molecule has 0 bridgehead atoms. The standard InChI is InChI=1S/C18H26N2O6S2/c1-12-9-14(3-4-16(12)26-2)28(24,25)17-11-27(22,23)10-15(17)20-7-5-13(6-8-20)18(19)21/h3-4,9,13,15,17H,5-8,10-11H2,1-2H3,(H2,19,21)/t15-,17+/m0/s1. The van der Waals surface area contributed by atoms with Crippen molar-refractivity contribution in [2.75, 3.05) is 31.7 Å². The van der Waals surface area contributed by atoms with Crippen LogP contribution in [0.4, 0.5) is 0 Å². The molecule has 0 aliphatic carbocycles. The molecule has 1 aromatic carbocycles. The van der Waals surface area contributed by atoms with E-state index in [1.807, 2.05) is 4.90 Å². The minimum absolute atomic E-state index is 0.102. The van der Waals surface area contributed by atoms with Gasteiger partial charge in [0.2, 0.25) is 5.91 Å². The van der Waals surface area contributed by atoms with Gasteiger partial charge in [-0.2, -0.15) is 0 Å². The number of ether oxygens (including phenoxy) is 1. The van der Waals surface area contributed by atoms with Crippen LogP contribution < -0.4 is 10.5 Å². The van der Waals surface area contributed by atoms with Gasteiger partial charge in [0, 0.05) is 12.0 Å². The maximum atomic E-state index is 13.3. The van der Waals surface area contributed by atoms with E-state index in [1.54, 1.807) is 13.0 Å². The van der Waals surface area contributed by atoms with Crippen molar-refractivity contribution in [2.24, 2.45) is 11.7 Å². The third-order valence-electron chi connectivity index (χ3n) is 5.77. The van der Waals surface area contributed by atoms with E-state index in [-0.39, 0.29) is 28.2 Å². The number of rotatable bonds is 5. The summed E-state index contributed by atoms with van der Waals surface area (Å²) in [6.45, 7) is 2.66. The van der Waals surface area contributed by atoms with Crippen LogP contribution in [0.2, 0.25) is 0 Å². The molecule has 8 nitrogen and oxygen atoms in total. The number of amides is 1. The number of methoxy groups -OCH3 is 1. The molecule has 2 atom stereocenters. The van der Waals surface area contributed by atoms with Crippen LogP contribution >= 0.6 is 0 Å². The molecule has 2 aliphatic rings. The van der Waals surface area contributed by atoms with Crippen LogP contribution in [0.5, 0.6) is 5.75 Å². The first-order chi connectivity index (χ1) is 13.0. The molecule has 2 aliphatic heterocycles. The van der Waals surface area contributed by atoms with E-state index in [1.165, 1.54) is 19.2 Å². The number of nitrogens with two attached hydrogens (primary N) is 1. The van der Waals surface area contributed by atoms with Crippen molar-refractivity contribution in [1.29, 1.82) is 0 Å². The molecule has 0 saturated carbocycles. The van der Waals surface area contributed by atoms with Crippen LogP contribution in [0.3, 0.4) is 0 Å². The molecule has 2 saturated heterocycles. The van der Waals surface area contributed by atoms with Gasteiger partial charge in [0.15, 0.2) is 19.7 Å². The molecule has 1 aromatic rings. The van der Waals surface area contributed by atoms with E-state index < -0.39 is 31.0 Å². The number of carbonyl (C=O) groups excluding carboxylic acids is 1.